The molecule has 1 N–H and O–H groups in total. The summed E-state index contributed by atoms with van der Waals surface area (Å²) < 4.78 is 0. The highest BCUT2D eigenvalue weighted by atomic mass is 14.8. The summed E-state index contributed by atoms with van der Waals surface area (Å²) in [4.78, 5) is 0. The largest absolute Gasteiger partial charge is 0.312 e. The van der Waals surface area contributed by atoms with Crippen LogP contribution >= 0.6 is 0 Å². The lowest BCUT2D eigenvalue weighted by atomic mass is 9.97. The summed E-state index contributed by atoms with van der Waals surface area (Å²) in [5.41, 5.74) is 4.52. The maximum absolute atomic E-state index is 3.57. The zero-order valence-electron chi connectivity index (χ0n) is 13.1. The second-order valence-corrected chi connectivity index (χ2v) is 6.45. The Morgan fingerprint density at radius 1 is 1.05 bits per heavy atom. The van der Waals surface area contributed by atoms with E-state index in [0.29, 0.717) is 0 Å². The lowest BCUT2D eigenvalue weighted by molar-refractivity contribution is 0.631. The van der Waals surface area contributed by atoms with Crippen LogP contribution in [0.15, 0.2) is 35.9 Å². The SMILES string of the molecule is CC(C)Cc1ccc(CNCCC2=CCCCC2)cc1. The van der Waals surface area contributed by atoms with Crippen molar-refractivity contribution in [1.29, 1.82) is 0 Å². The number of allylic oxidation sites excluding steroid dienone is 1. The molecule has 1 aromatic carbocycles. The van der Waals surface area contributed by atoms with Crippen molar-refractivity contribution >= 4 is 0 Å². The summed E-state index contributed by atoms with van der Waals surface area (Å²) in [5, 5.41) is 3.57. The van der Waals surface area contributed by atoms with Crippen molar-refractivity contribution in [2.45, 2.75) is 58.9 Å². The molecule has 0 aliphatic heterocycles. The van der Waals surface area contributed by atoms with Gasteiger partial charge in [0.05, 0.1) is 0 Å². The van der Waals surface area contributed by atoms with Gasteiger partial charge in [-0.15, -0.1) is 0 Å². The molecule has 0 spiro atoms. The molecule has 1 aliphatic carbocycles. The topological polar surface area (TPSA) is 12.0 Å². The van der Waals surface area contributed by atoms with E-state index in [1.165, 1.54) is 49.7 Å². The Hall–Kier alpha value is -1.08. The van der Waals surface area contributed by atoms with E-state index in [-0.39, 0.29) is 0 Å². The van der Waals surface area contributed by atoms with Crippen LogP contribution in [0.2, 0.25) is 0 Å². The minimum absolute atomic E-state index is 0.739. The van der Waals surface area contributed by atoms with E-state index in [4.69, 9.17) is 0 Å². The molecule has 0 atom stereocenters. The lowest BCUT2D eigenvalue weighted by Gasteiger charge is -2.13. The summed E-state index contributed by atoms with van der Waals surface area (Å²) in [5.74, 6) is 0.739. The first-order valence-electron chi connectivity index (χ1n) is 8.20. The standard InChI is InChI=1S/C19H29N/c1-16(2)14-18-8-10-19(11-9-18)15-20-13-12-17-6-4-3-5-7-17/h6,8-11,16,20H,3-5,7,12-15H2,1-2H3. The van der Waals surface area contributed by atoms with Crippen molar-refractivity contribution < 1.29 is 0 Å². The van der Waals surface area contributed by atoms with E-state index in [2.05, 4.69) is 49.5 Å². The maximum atomic E-state index is 3.57. The molecule has 0 saturated heterocycles. The minimum atomic E-state index is 0.739. The molecule has 0 saturated carbocycles. The molecule has 1 heteroatoms. The highest BCUT2D eigenvalue weighted by Gasteiger charge is 2.03. The predicted octanol–water partition coefficient (Wildman–Crippen LogP) is 4.87. The molecular formula is C19H29N. The van der Waals surface area contributed by atoms with Gasteiger partial charge in [0, 0.05) is 6.54 Å². The van der Waals surface area contributed by atoms with Crippen LogP contribution in [-0.2, 0) is 13.0 Å². The van der Waals surface area contributed by atoms with Gasteiger partial charge in [0.1, 0.15) is 0 Å². The van der Waals surface area contributed by atoms with Gasteiger partial charge in [-0.05, 0) is 62.1 Å². The maximum Gasteiger partial charge on any atom is 0.0205 e. The molecule has 0 unspecified atom stereocenters. The van der Waals surface area contributed by atoms with Crippen molar-refractivity contribution in [2.75, 3.05) is 6.54 Å². The first kappa shape index (κ1) is 15.3. The molecule has 110 valence electrons. The molecule has 0 fully saturated rings. The number of benzene rings is 1. The molecule has 0 aromatic heterocycles. The molecule has 1 aliphatic rings. The minimum Gasteiger partial charge on any atom is -0.312 e. The molecule has 1 aromatic rings. The van der Waals surface area contributed by atoms with Crippen LogP contribution in [0.25, 0.3) is 0 Å². The first-order chi connectivity index (χ1) is 9.74. The average molecular weight is 271 g/mol. The van der Waals surface area contributed by atoms with Gasteiger partial charge in [0.2, 0.25) is 0 Å². The summed E-state index contributed by atoms with van der Waals surface area (Å²) in [6.07, 6.45) is 10.3. The fourth-order valence-electron chi connectivity index (χ4n) is 2.88. The van der Waals surface area contributed by atoms with E-state index in [9.17, 15) is 0 Å². The van der Waals surface area contributed by atoms with Crippen molar-refractivity contribution in [2.24, 2.45) is 5.92 Å². The monoisotopic (exact) mass is 271 g/mol. The van der Waals surface area contributed by atoms with Crippen LogP contribution in [0.4, 0.5) is 0 Å². The third kappa shape index (κ3) is 5.50. The zero-order chi connectivity index (χ0) is 14.2. The van der Waals surface area contributed by atoms with E-state index in [1.54, 1.807) is 5.57 Å². The van der Waals surface area contributed by atoms with Crippen molar-refractivity contribution in [3.8, 4) is 0 Å². The van der Waals surface area contributed by atoms with E-state index in [1.807, 2.05) is 0 Å². The predicted molar refractivity (Wildman–Crippen MR) is 87.9 cm³/mol. The fraction of sp³-hybridized carbons (Fsp3) is 0.579. The Balaban J connectivity index is 1.67. The number of rotatable bonds is 7. The molecule has 0 bridgehead atoms. The second-order valence-electron chi connectivity index (χ2n) is 6.45. The normalized spacial score (nSPS) is 15.4. The van der Waals surface area contributed by atoms with Crippen LogP contribution in [0.3, 0.4) is 0 Å². The Kier molecular flexibility index (Phi) is 6.32. The van der Waals surface area contributed by atoms with Gasteiger partial charge in [-0.25, -0.2) is 0 Å². The van der Waals surface area contributed by atoms with E-state index in [0.717, 1.165) is 19.0 Å². The van der Waals surface area contributed by atoms with Crippen molar-refractivity contribution in [3.05, 3.63) is 47.0 Å². The van der Waals surface area contributed by atoms with Gasteiger partial charge in [-0.2, -0.15) is 0 Å². The lowest BCUT2D eigenvalue weighted by Crippen LogP contribution is -2.15. The molecule has 0 radical (unpaired) electrons. The van der Waals surface area contributed by atoms with Crippen LogP contribution in [0.5, 0.6) is 0 Å². The Bertz CT molecular complexity index is 414. The fourth-order valence-corrected chi connectivity index (χ4v) is 2.88. The van der Waals surface area contributed by atoms with Crippen LogP contribution < -0.4 is 5.32 Å². The smallest absolute Gasteiger partial charge is 0.0205 e. The summed E-state index contributed by atoms with van der Waals surface area (Å²) in [6, 6.07) is 9.09. The summed E-state index contributed by atoms with van der Waals surface area (Å²) >= 11 is 0. The number of nitrogens with one attached hydrogen (secondary N) is 1. The molecular weight excluding hydrogens is 242 g/mol. The molecule has 2 rings (SSSR count). The van der Waals surface area contributed by atoms with E-state index >= 15 is 0 Å². The Morgan fingerprint density at radius 3 is 2.45 bits per heavy atom. The summed E-state index contributed by atoms with van der Waals surface area (Å²) in [6.45, 7) is 6.65. The van der Waals surface area contributed by atoms with Gasteiger partial charge < -0.3 is 5.32 Å². The van der Waals surface area contributed by atoms with Gasteiger partial charge in [-0.1, -0.05) is 49.8 Å². The molecule has 0 amide bonds. The number of hydrogen-bond acceptors (Lipinski definition) is 1. The third-order valence-electron chi connectivity index (χ3n) is 4.00. The third-order valence-corrected chi connectivity index (χ3v) is 4.00. The van der Waals surface area contributed by atoms with Gasteiger partial charge in [0.25, 0.3) is 0 Å². The number of hydrogen-bond donors (Lipinski definition) is 1. The highest BCUT2D eigenvalue weighted by molar-refractivity contribution is 5.22. The van der Waals surface area contributed by atoms with Gasteiger partial charge in [-0.3, -0.25) is 0 Å². The van der Waals surface area contributed by atoms with Gasteiger partial charge in [0.15, 0.2) is 0 Å². The van der Waals surface area contributed by atoms with E-state index < -0.39 is 0 Å². The van der Waals surface area contributed by atoms with Crippen LogP contribution in [0, 0.1) is 5.92 Å². The quantitative estimate of drug-likeness (QED) is 0.551. The Labute approximate surface area is 124 Å². The van der Waals surface area contributed by atoms with Crippen molar-refractivity contribution in [3.63, 3.8) is 0 Å². The zero-order valence-corrected chi connectivity index (χ0v) is 13.1. The molecule has 0 heterocycles. The van der Waals surface area contributed by atoms with Gasteiger partial charge >= 0.3 is 0 Å². The molecule has 1 nitrogen and oxygen atoms in total. The Morgan fingerprint density at radius 2 is 1.80 bits per heavy atom. The molecule has 20 heavy (non-hydrogen) atoms. The first-order valence-corrected chi connectivity index (χ1v) is 8.20. The summed E-state index contributed by atoms with van der Waals surface area (Å²) in [7, 11) is 0. The second kappa shape index (κ2) is 8.26. The average Bonchev–Trinajstić information content (AvgIpc) is 2.46. The van der Waals surface area contributed by atoms with Crippen LogP contribution in [0.1, 0.15) is 57.1 Å². The van der Waals surface area contributed by atoms with Crippen molar-refractivity contribution in [1.82, 2.24) is 5.32 Å². The van der Waals surface area contributed by atoms with Crippen LogP contribution in [-0.4, -0.2) is 6.54 Å². The highest BCUT2D eigenvalue weighted by Crippen LogP contribution is 2.19.